The predicted octanol–water partition coefficient (Wildman–Crippen LogP) is 21.9. The van der Waals surface area contributed by atoms with Crippen LogP contribution < -0.4 is 5.19 Å². The first kappa shape index (κ1) is 55.9. The summed E-state index contributed by atoms with van der Waals surface area (Å²) in [5, 5.41) is 8.31. The monoisotopic (exact) mass is 1320 g/mol. The van der Waals surface area contributed by atoms with Crippen molar-refractivity contribution in [3.8, 4) is 61.7 Å². The van der Waals surface area contributed by atoms with Gasteiger partial charge < -0.3 is 14.0 Å². The predicted molar refractivity (Wildman–Crippen MR) is 366 cm³/mol. The smallest absolute Gasteiger partial charge is 0.121 e. The van der Waals surface area contributed by atoms with Crippen molar-refractivity contribution in [3.63, 3.8) is 0 Å². The zero-order chi connectivity index (χ0) is 62.2. The van der Waals surface area contributed by atoms with Gasteiger partial charge in [0.1, 0.15) is 5.58 Å². The van der Waals surface area contributed by atoms with Crippen molar-refractivity contribution in [2.45, 2.75) is 118 Å². The summed E-state index contributed by atoms with van der Waals surface area (Å²) in [6.45, 7) is 27.8. The Morgan fingerprint density at radius 3 is 1.84 bits per heavy atom. The van der Waals surface area contributed by atoms with E-state index in [2.05, 4.69) is 256 Å². The fourth-order valence-corrected chi connectivity index (χ4v) is 13.0. The van der Waals surface area contributed by atoms with Gasteiger partial charge in [-0.1, -0.05) is 245 Å². The molecular formula is C80H77IrN3OSi-2. The molecule has 0 N–H and O–H groups in total. The summed E-state index contributed by atoms with van der Waals surface area (Å²) >= 11 is 0. The summed E-state index contributed by atoms with van der Waals surface area (Å²) in [6.07, 6.45) is 1.83. The zero-order valence-electron chi connectivity index (χ0n) is 54.8. The minimum atomic E-state index is -2.19. The second-order valence-electron chi connectivity index (χ2n) is 26.7. The number of fused-ring (bicyclic) bond motifs is 7. The molecule has 0 unspecified atom stereocenters. The van der Waals surface area contributed by atoms with Crippen LogP contribution >= 0.6 is 0 Å². The number of benzene rings is 10. The van der Waals surface area contributed by atoms with Crippen LogP contribution in [0.4, 0.5) is 0 Å². The van der Waals surface area contributed by atoms with E-state index >= 15 is 0 Å². The zero-order valence-corrected chi connectivity index (χ0v) is 55.2. The van der Waals surface area contributed by atoms with E-state index < -0.39 is 14.9 Å². The number of rotatable bonds is 9. The molecule has 433 valence electrons. The molecule has 0 spiro atoms. The summed E-state index contributed by atoms with van der Waals surface area (Å²) < 4.78 is 32.9. The molecule has 0 aliphatic rings. The second-order valence-corrected chi connectivity index (χ2v) is 31.8. The third kappa shape index (κ3) is 11.6. The van der Waals surface area contributed by atoms with Crippen molar-refractivity contribution in [1.82, 2.24) is 14.5 Å². The average molecular weight is 1320 g/mol. The molecule has 0 fully saturated rings. The topological polar surface area (TPSA) is 43.9 Å². The van der Waals surface area contributed by atoms with Crippen LogP contribution in [0.3, 0.4) is 0 Å². The quantitative estimate of drug-likeness (QED) is 0.0822. The Morgan fingerprint density at radius 1 is 0.558 bits per heavy atom. The summed E-state index contributed by atoms with van der Waals surface area (Å²) in [5.41, 5.74) is 19.6. The van der Waals surface area contributed by atoms with Gasteiger partial charge in [-0.3, -0.25) is 4.98 Å². The molecule has 13 aromatic rings. The molecule has 0 saturated carbocycles. The molecule has 0 aliphatic carbocycles. The van der Waals surface area contributed by atoms with Gasteiger partial charge in [-0.05, 0) is 142 Å². The van der Waals surface area contributed by atoms with Crippen LogP contribution in [0.15, 0.2) is 205 Å². The normalized spacial score (nSPS) is 12.8. The standard InChI is InChI=1S/C59H55N2O.C21H22NSi.Ir/c1-35(2)48-31-42(38-24-22-37(23-25-38)41-28-43(58(5,6)7)33-44(29-41)59(8,9)10)32-49(36(3)4)55(48)61-53-21-14-13-20-52(53)60-57(61)47-19-15-18-46-51-30-40-27-26-39-16-11-12-17-45(39)50(40)34-54(51)62-56(46)47;1-16-10-11-18(14-20(16)17-8-6-5-7-9-17)21-15-19(12-13-22-21)23(2,3)4;/h11-18,20-36H,1-10H3;5-10,12-15H,1-4H3;/q2*-1;/i;1D3;. The van der Waals surface area contributed by atoms with Crippen molar-refractivity contribution >= 4 is 67.8 Å². The Hall–Kier alpha value is -7.99. The van der Waals surface area contributed by atoms with E-state index in [-0.39, 0.29) is 42.8 Å². The number of imidazole rings is 1. The van der Waals surface area contributed by atoms with Crippen LogP contribution in [0.25, 0.3) is 116 Å². The number of pyridine rings is 1. The van der Waals surface area contributed by atoms with E-state index in [0.29, 0.717) is 11.1 Å². The largest absolute Gasteiger partial charge is 0.501 e. The summed E-state index contributed by atoms with van der Waals surface area (Å²) in [7, 11) is -1.46. The molecule has 0 amide bonds. The molecule has 0 bridgehead atoms. The fraction of sp³-hybridized carbons (Fsp3) is 0.225. The third-order valence-electron chi connectivity index (χ3n) is 16.9. The molecule has 0 saturated heterocycles. The molecule has 10 aromatic carbocycles. The summed E-state index contributed by atoms with van der Waals surface area (Å²) in [6, 6.07) is 75.4. The van der Waals surface area contributed by atoms with E-state index in [1.54, 1.807) is 6.07 Å². The maximum Gasteiger partial charge on any atom is 0.121 e. The first-order chi connectivity index (χ1) is 41.8. The molecule has 3 aromatic heterocycles. The minimum absolute atomic E-state index is 0. The van der Waals surface area contributed by atoms with Crippen LogP contribution in [-0.2, 0) is 30.9 Å². The van der Waals surface area contributed by atoms with Crippen LogP contribution in [0, 0.1) is 19.0 Å². The van der Waals surface area contributed by atoms with Crippen molar-refractivity contribution < 1.29 is 28.6 Å². The maximum atomic E-state index is 7.86. The number of hydrogen-bond donors (Lipinski definition) is 0. The molecule has 1 radical (unpaired) electrons. The van der Waals surface area contributed by atoms with Gasteiger partial charge in [0.05, 0.1) is 30.5 Å². The SMILES string of the molecule is CC(C)c1cc(-c2ccc(-c3cc(C(C)(C)C)cc(C(C)(C)C)c3)cc2)cc(C(C)C)c1-n1c(-c2[c-]ccc3c2oc2cc4c(ccc5ccccc54)cc23)nc2ccccc21.[2H]C([2H])([2H])c1c[c-]c(-c2cc([Si](C)(C)C)ccn2)cc1-c1ccccc1.[Ir]. The van der Waals surface area contributed by atoms with Crippen LogP contribution in [0.2, 0.25) is 19.6 Å². The van der Waals surface area contributed by atoms with Gasteiger partial charge in [-0.25, -0.2) is 0 Å². The number of para-hydroxylation sites is 2. The Kier molecular flexibility index (Phi) is 15.2. The van der Waals surface area contributed by atoms with Crippen LogP contribution in [-0.4, -0.2) is 22.6 Å². The summed E-state index contributed by atoms with van der Waals surface area (Å²) in [5.74, 6) is 1.30. The first-order valence-electron chi connectivity index (χ1n) is 31.5. The fourth-order valence-electron chi connectivity index (χ4n) is 11.9. The number of aromatic nitrogens is 3. The average Bonchev–Trinajstić information content (AvgIpc) is 1.71. The number of hydrogen-bond acceptors (Lipinski definition) is 3. The van der Waals surface area contributed by atoms with Gasteiger partial charge in [-0.2, -0.15) is 0 Å². The molecule has 0 aliphatic heterocycles. The van der Waals surface area contributed by atoms with E-state index in [4.69, 9.17) is 13.5 Å². The van der Waals surface area contributed by atoms with E-state index in [1.807, 2.05) is 48.7 Å². The van der Waals surface area contributed by atoms with Gasteiger partial charge in [-0.15, -0.1) is 47.5 Å². The first-order valence-corrected chi connectivity index (χ1v) is 33.5. The van der Waals surface area contributed by atoms with Gasteiger partial charge in [0.2, 0.25) is 0 Å². The Morgan fingerprint density at radius 2 is 1.19 bits per heavy atom. The van der Waals surface area contributed by atoms with Crippen LogP contribution in [0.5, 0.6) is 0 Å². The van der Waals surface area contributed by atoms with E-state index in [9.17, 15) is 0 Å². The molecular weight excluding hydrogens is 1240 g/mol. The van der Waals surface area contributed by atoms with Gasteiger partial charge in [0.15, 0.2) is 0 Å². The van der Waals surface area contributed by atoms with E-state index in [1.165, 1.54) is 76.9 Å². The number of nitrogens with zero attached hydrogens (tertiary/aromatic N) is 3. The van der Waals surface area contributed by atoms with Crippen molar-refractivity contribution in [2.24, 2.45) is 0 Å². The molecule has 6 heteroatoms. The van der Waals surface area contributed by atoms with Gasteiger partial charge in [0.25, 0.3) is 0 Å². The van der Waals surface area contributed by atoms with Crippen molar-refractivity contribution in [3.05, 3.63) is 240 Å². The van der Waals surface area contributed by atoms with Crippen LogP contribution in [0.1, 0.15) is 113 Å². The molecule has 4 nitrogen and oxygen atoms in total. The van der Waals surface area contributed by atoms with Crippen molar-refractivity contribution in [1.29, 1.82) is 0 Å². The maximum absolute atomic E-state index is 7.86. The molecule has 0 atom stereocenters. The number of aryl methyl sites for hydroxylation is 1. The minimum Gasteiger partial charge on any atom is -0.501 e. The third-order valence-corrected chi connectivity index (χ3v) is 18.9. The van der Waals surface area contributed by atoms with E-state index in [0.717, 1.165) is 61.2 Å². The van der Waals surface area contributed by atoms with Gasteiger partial charge in [0, 0.05) is 41.5 Å². The number of furan rings is 1. The molecule has 86 heavy (non-hydrogen) atoms. The summed E-state index contributed by atoms with van der Waals surface area (Å²) in [4.78, 5) is 9.91. The Balaban J connectivity index is 0.000000254. The molecule has 3 heterocycles. The second kappa shape index (κ2) is 23.4. The Labute approximate surface area is 528 Å². The Bertz CT molecular complexity index is 4720. The van der Waals surface area contributed by atoms with Gasteiger partial charge >= 0.3 is 0 Å². The molecule has 13 rings (SSSR count). The van der Waals surface area contributed by atoms with Crippen molar-refractivity contribution in [2.75, 3.05) is 0 Å².